The first-order valence-corrected chi connectivity index (χ1v) is 9.36. The van der Waals surface area contributed by atoms with E-state index < -0.39 is 35.6 Å². The van der Waals surface area contributed by atoms with E-state index in [2.05, 4.69) is 0 Å². The second-order valence-electron chi connectivity index (χ2n) is 8.66. The average molecular weight is 409 g/mol. The number of hydrogen-bond acceptors (Lipinski definition) is 6. The fourth-order valence-corrected chi connectivity index (χ4v) is 2.49. The van der Waals surface area contributed by atoms with Crippen molar-refractivity contribution in [2.24, 2.45) is 0 Å². The van der Waals surface area contributed by atoms with Gasteiger partial charge in [-0.2, -0.15) is 0 Å². The molecule has 0 radical (unpaired) electrons. The van der Waals surface area contributed by atoms with Crippen LogP contribution in [0.2, 0.25) is 0 Å². The number of carbonyl (C=O) groups excluding carboxylic acids is 2. The molecule has 1 aliphatic rings. The summed E-state index contributed by atoms with van der Waals surface area (Å²) >= 11 is 0. The van der Waals surface area contributed by atoms with Crippen molar-refractivity contribution in [2.45, 2.75) is 71.3 Å². The Kier molecular flexibility index (Phi) is 6.77. The van der Waals surface area contributed by atoms with E-state index in [1.54, 1.807) is 53.7 Å². The number of halogens is 1. The van der Waals surface area contributed by atoms with E-state index in [0.717, 1.165) is 5.06 Å². The highest BCUT2D eigenvalue weighted by atomic mass is 19.1. The summed E-state index contributed by atoms with van der Waals surface area (Å²) in [7, 11) is 0. The Labute approximate surface area is 170 Å². The van der Waals surface area contributed by atoms with Crippen LogP contribution in [0.25, 0.3) is 0 Å². The van der Waals surface area contributed by atoms with Crippen LogP contribution in [0.15, 0.2) is 36.4 Å². The van der Waals surface area contributed by atoms with E-state index in [-0.39, 0.29) is 5.82 Å². The standard InChI is InChI=1S/C21H28FNO6/c1-20(2,3)27-18(24)23(29-19(25)28-21(4,5)6)15-9-12-17(13-15)26-16-10-7-14(22)8-11-16/h7-12,15,17H,13H2,1-6H3/t15-,17-/m0/s1. The van der Waals surface area contributed by atoms with Crippen molar-refractivity contribution in [1.29, 1.82) is 0 Å². The second kappa shape index (κ2) is 8.71. The van der Waals surface area contributed by atoms with Gasteiger partial charge in [0, 0.05) is 6.42 Å². The van der Waals surface area contributed by atoms with Crippen LogP contribution < -0.4 is 4.74 Å². The van der Waals surface area contributed by atoms with Gasteiger partial charge in [-0.25, -0.2) is 14.0 Å². The number of hydrogen-bond donors (Lipinski definition) is 0. The van der Waals surface area contributed by atoms with Crippen LogP contribution in [0.5, 0.6) is 5.75 Å². The van der Waals surface area contributed by atoms with Crippen LogP contribution in [0.1, 0.15) is 48.0 Å². The van der Waals surface area contributed by atoms with Gasteiger partial charge in [0.15, 0.2) is 0 Å². The molecule has 1 amide bonds. The first-order valence-electron chi connectivity index (χ1n) is 9.36. The molecule has 0 saturated heterocycles. The first-order chi connectivity index (χ1) is 13.3. The molecule has 8 heteroatoms. The third-order valence-corrected chi connectivity index (χ3v) is 3.56. The maximum Gasteiger partial charge on any atom is 0.534 e. The lowest BCUT2D eigenvalue weighted by Gasteiger charge is -2.30. The third-order valence-electron chi connectivity index (χ3n) is 3.56. The number of hydroxylamine groups is 2. The number of amides is 1. The van der Waals surface area contributed by atoms with Gasteiger partial charge < -0.3 is 14.2 Å². The van der Waals surface area contributed by atoms with Crippen LogP contribution in [-0.2, 0) is 14.3 Å². The molecule has 0 fully saturated rings. The van der Waals surface area contributed by atoms with Crippen molar-refractivity contribution in [3.63, 3.8) is 0 Å². The van der Waals surface area contributed by atoms with Crippen molar-refractivity contribution in [2.75, 3.05) is 0 Å². The topological polar surface area (TPSA) is 74.3 Å². The highest BCUT2D eigenvalue weighted by molar-refractivity contribution is 5.70. The van der Waals surface area contributed by atoms with Crippen molar-refractivity contribution in [1.82, 2.24) is 5.06 Å². The molecular formula is C21H28FNO6. The summed E-state index contributed by atoms with van der Waals surface area (Å²) in [5.74, 6) is 0.123. The summed E-state index contributed by atoms with van der Waals surface area (Å²) in [6, 6.07) is 5.01. The second-order valence-corrected chi connectivity index (χ2v) is 8.66. The zero-order valence-electron chi connectivity index (χ0n) is 17.6. The van der Waals surface area contributed by atoms with Crippen LogP contribution in [0.4, 0.5) is 14.0 Å². The predicted molar refractivity (Wildman–Crippen MR) is 104 cm³/mol. The van der Waals surface area contributed by atoms with E-state index >= 15 is 0 Å². The minimum absolute atomic E-state index is 0.319. The van der Waals surface area contributed by atoms with Crippen molar-refractivity contribution < 1.29 is 33.0 Å². The molecule has 0 unspecified atom stereocenters. The molecule has 0 aromatic heterocycles. The first kappa shape index (κ1) is 22.5. The van der Waals surface area contributed by atoms with Crippen LogP contribution >= 0.6 is 0 Å². The number of rotatable bonds is 3. The third kappa shape index (κ3) is 7.63. The van der Waals surface area contributed by atoms with Gasteiger partial charge in [-0.1, -0.05) is 6.08 Å². The zero-order chi connectivity index (χ0) is 21.8. The normalized spacial score (nSPS) is 18.9. The smallest absolute Gasteiger partial charge is 0.486 e. The fourth-order valence-electron chi connectivity index (χ4n) is 2.49. The lowest BCUT2D eigenvalue weighted by molar-refractivity contribution is -0.149. The summed E-state index contributed by atoms with van der Waals surface area (Å²) < 4.78 is 29.3. The maximum atomic E-state index is 13.0. The minimum atomic E-state index is -1.01. The summed E-state index contributed by atoms with van der Waals surface area (Å²) in [5.41, 5.74) is -1.56. The number of carbonyl (C=O) groups is 2. The monoisotopic (exact) mass is 409 g/mol. The van der Waals surface area contributed by atoms with E-state index in [1.807, 2.05) is 0 Å². The predicted octanol–water partition coefficient (Wildman–Crippen LogP) is 5.01. The molecule has 1 aromatic rings. The van der Waals surface area contributed by atoms with Crippen LogP contribution in [0.3, 0.4) is 0 Å². The van der Waals surface area contributed by atoms with E-state index in [1.165, 1.54) is 24.3 Å². The number of ether oxygens (including phenoxy) is 3. The molecule has 2 rings (SSSR count). The molecule has 0 aliphatic heterocycles. The van der Waals surface area contributed by atoms with Crippen molar-refractivity contribution in [3.05, 3.63) is 42.2 Å². The molecule has 0 spiro atoms. The van der Waals surface area contributed by atoms with Crippen LogP contribution in [0, 0.1) is 5.82 Å². The molecule has 7 nitrogen and oxygen atoms in total. The Balaban J connectivity index is 2.07. The van der Waals surface area contributed by atoms with Crippen molar-refractivity contribution in [3.8, 4) is 5.75 Å². The zero-order valence-corrected chi connectivity index (χ0v) is 17.6. The Morgan fingerprint density at radius 2 is 1.55 bits per heavy atom. The number of nitrogens with zero attached hydrogens (tertiary/aromatic N) is 1. The van der Waals surface area contributed by atoms with Gasteiger partial charge in [-0.15, -0.1) is 5.06 Å². The Morgan fingerprint density at radius 1 is 0.966 bits per heavy atom. The molecule has 0 bridgehead atoms. The maximum absolute atomic E-state index is 13.0. The SMILES string of the molecule is CC(C)(C)OC(=O)ON(C(=O)OC(C)(C)C)[C@H]1C=C[C@H](Oc2ccc(F)cc2)C1. The Bertz CT molecular complexity index is 748. The largest absolute Gasteiger partial charge is 0.534 e. The van der Waals surface area contributed by atoms with Gasteiger partial charge in [0.2, 0.25) is 0 Å². The molecule has 0 heterocycles. The lowest BCUT2D eigenvalue weighted by atomic mass is 10.2. The van der Waals surface area contributed by atoms with E-state index in [9.17, 15) is 14.0 Å². The molecule has 1 aliphatic carbocycles. The Morgan fingerprint density at radius 3 is 2.10 bits per heavy atom. The van der Waals surface area contributed by atoms with Gasteiger partial charge in [-0.05, 0) is 71.9 Å². The van der Waals surface area contributed by atoms with Gasteiger partial charge in [0.05, 0.1) is 6.04 Å². The van der Waals surface area contributed by atoms with Crippen molar-refractivity contribution >= 4 is 12.2 Å². The molecule has 0 saturated carbocycles. The molecule has 160 valence electrons. The summed E-state index contributed by atoms with van der Waals surface area (Å²) in [5, 5.41) is 0.851. The van der Waals surface area contributed by atoms with Gasteiger partial charge in [0.25, 0.3) is 0 Å². The van der Waals surface area contributed by atoms with E-state index in [0.29, 0.717) is 12.2 Å². The molecule has 1 aromatic carbocycles. The fraction of sp³-hybridized carbons (Fsp3) is 0.524. The highest BCUT2D eigenvalue weighted by Gasteiger charge is 2.36. The van der Waals surface area contributed by atoms with E-state index in [4.69, 9.17) is 19.0 Å². The lowest BCUT2D eigenvalue weighted by Crippen LogP contribution is -2.44. The summed E-state index contributed by atoms with van der Waals surface area (Å²) in [4.78, 5) is 29.9. The van der Waals surface area contributed by atoms with Gasteiger partial charge in [0.1, 0.15) is 28.9 Å². The van der Waals surface area contributed by atoms with Gasteiger partial charge >= 0.3 is 12.2 Å². The Hall–Kier alpha value is -2.77. The highest BCUT2D eigenvalue weighted by Crippen LogP contribution is 2.25. The molecule has 0 N–H and O–H groups in total. The number of benzene rings is 1. The van der Waals surface area contributed by atoms with Crippen LogP contribution in [-0.4, -0.2) is 40.7 Å². The summed E-state index contributed by atoms with van der Waals surface area (Å²) in [6.07, 6.45) is 1.52. The minimum Gasteiger partial charge on any atom is -0.486 e. The van der Waals surface area contributed by atoms with Gasteiger partial charge in [-0.3, -0.25) is 4.84 Å². The average Bonchev–Trinajstić information content (AvgIpc) is 2.99. The molecular weight excluding hydrogens is 381 g/mol. The molecule has 29 heavy (non-hydrogen) atoms. The molecule has 2 atom stereocenters. The quantitative estimate of drug-likeness (QED) is 0.397. The summed E-state index contributed by atoms with van der Waals surface area (Å²) in [6.45, 7) is 10.2.